The van der Waals surface area contributed by atoms with Gasteiger partial charge in [0.2, 0.25) is 5.78 Å². The number of hydrogen-bond donors (Lipinski definition) is 5. The van der Waals surface area contributed by atoms with E-state index in [4.69, 9.17) is 5.11 Å². The first-order valence-corrected chi connectivity index (χ1v) is 14.4. The largest absolute Gasteiger partial charge is 0.390 e. The lowest BCUT2D eigenvalue weighted by atomic mass is 10.0. The molecule has 0 fully saturated rings. The second kappa shape index (κ2) is 29.2. The van der Waals surface area contributed by atoms with E-state index in [0.29, 0.717) is 12.8 Å². The molecular formula is C34H50O6. The van der Waals surface area contributed by atoms with Crippen molar-refractivity contribution >= 4 is 5.78 Å². The molecule has 0 aliphatic heterocycles. The average Bonchev–Trinajstić information content (AvgIpc) is 2.95. The molecule has 0 unspecified atom stereocenters. The number of allylic oxidation sites excluding steroid dienone is 1. The van der Waals surface area contributed by atoms with Crippen molar-refractivity contribution in [3.63, 3.8) is 0 Å². The zero-order chi connectivity index (χ0) is 30.4. The van der Waals surface area contributed by atoms with Gasteiger partial charge in [-0.2, -0.15) is 0 Å². The predicted molar refractivity (Wildman–Crippen MR) is 163 cm³/mol. The van der Waals surface area contributed by atoms with Crippen LogP contribution in [-0.2, 0) is 4.79 Å². The van der Waals surface area contributed by atoms with Crippen molar-refractivity contribution in [3.05, 3.63) is 25.3 Å². The summed E-state index contributed by atoms with van der Waals surface area (Å²) in [5.74, 6) is 19.5. The molecule has 0 aliphatic carbocycles. The molecule has 6 nitrogen and oxygen atoms in total. The highest BCUT2D eigenvalue weighted by atomic mass is 16.3. The molecule has 5 N–H and O–H groups in total. The molecule has 0 radical (unpaired) electrons. The Bertz CT molecular complexity index is 924. The van der Waals surface area contributed by atoms with Gasteiger partial charge in [0.05, 0.1) is 24.4 Å². The van der Waals surface area contributed by atoms with Gasteiger partial charge >= 0.3 is 0 Å². The molecule has 0 bridgehead atoms. The van der Waals surface area contributed by atoms with Gasteiger partial charge in [0.25, 0.3) is 0 Å². The van der Waals surface area contributed by atoms with Crippen LogP contribution in [0, 0.1) is 47.4 Å². The van der Waals surface area contributed by atoms with Gasteiger partial charge < -0.3 is 25.5 Å². The maximum absolute atomic E-state index is 10.8. The number of hydrogen-bond acceptors (Lipinski definition) is 6. The van der Waals surface area contributed by atoms with Crippen molar-refractivity contribution in [2.75, 3.05) is 0 Å². The van der Waals surface area contributed by atoms with E-state index in [9.17, 15) is 25.2 Å². The van der Waals surface area contributed by atoms with Crippen molar-refractivity contribution in [2.24, 2.45) is 0 Å². The number of carbonyl (C=O) groups excluding carboxylic acids is 1. The van der Waals surface area contributed by atoms with E-state index >= 15 is 0 Å². The summed E-state index contributed by atoms with van der Waals surface area (Å²) in [5.41, 5.74) is 0. The number of carbonyl (C=O) groups is 1. The van der Waals surface area contributed by atoms with Crippen molar-refractivity contribution in [2.45, 2.75) is 134 Å². The van der Waals surface area contributed by atoms with Crippen LogP contribution in [0.1, 0.15) is 104 Å². The van der Waals surface area contributed by atoms with Crippen molar-refractivity contribution < 1.29 is 30.3 Å². The predicted octanol–water partition coefficient (Wildman–Crippen LogP) is 4.23. The van der Waals surface area contributed by atoms with Gasteiger partial charge in [0, 0.05) is 12.8 Å². The van der Waals surface area contributed by atoms with Crippen LogP contribution in [0.2, 0.25) is 0 Å². The lowest BCUT2D eigenvalue weighted by molar-refractivity contribution is -0.109. The third-order valence-electron chi connectivity index (χ3n) is 5.83. The number of unbranched alkanes of at least 4 members (excludes halogenated alkanes) is 8. The van der Waals surface area contributed by atoms with Gasteiger partial charge in [-0.25, -0.2) is 0 Å². The maximum Gasteiger partial charge on any atom is 0.229 e. The van der Waals surface area contributed by atoms with E-state index in [-0.39, 0.29) is 18.6 Å². The molecule has 0 aromatic heterocycles. The Balaban J connectivity index is 0. The minimum absolute atomic E-state index is 0.160. The summed E-state index contributed by atoms with van der Waals surface area (Å²) in [6.07, 6.45) is 11.1. The molecule has 0 heterocycles. The molecular weight excluding hydrogens is 504 g/mol. The standard InChI is InChI=1S/C17H26O3.C17H24O3/c2*1-3-5-6-7-10-13-16(19)17(20)14-11-8-9-12-15(18)4-2/h4,15-20H,2-3,5-7,10,13-14H2,1H3;4,16-17,19-20H,2-3,5-7,10,13-14H2,1H3/t15-,16-,17-;16-,17-/m11/s1. The fraction of sp³-hybridized carbons (Fsp3) is 0.618. The Labute approximate surface area is 243 Å². The van der Waals surface area contributed by atoms with E-state index in [1.165, 1.54) is 44.6 Å². The summed E-state index contributed by atoms with van der Waals surface area (Å²) in [5, 5.41) is 48.0. The molecule has 0 saturated heterocycles. The molecule has 0 amide bonds. The molecule has 0 aromatic carbocycles. The molecule has 5 atom stereocenters. The van der Waals surface area contributed by atoms with Gasteiger partial charge in [0.15, 0.2) is 0 Å². The molecule has 0 spiro atoms. The Morgan fingerprint density at radius 1 is 0.650 bits per heavy atom. The summed E-state index contributed by atoms with van der Waals surface area (Å²) in [7, 11) is 0. The van der Waals surface area contributed by atoms with Crippen LogP contribution in [0.15, 0.2) is 25.3 Å². The first-order valence-electron chi connectivity index (χ1n) is 14.4. The summed E-state index contributed by atoms with van der Waals surface area (Å²) in [4.78, 5) is 10.8. The molecule has 40 heavy (non-hydrogen) atoms. The van der Waals surface area contributed by atoms with Crippen LogP contribution in [-0.4, -0.2) is 61.8 Å². The zero-order valence-corrected chi connectivity index (χ0v) is 24.5. The normalized spacial score (nSPS) is 13.3. The molecule has 0 aliphatic rings. The Hall–Kier alpha value is -2.81. The summed E-state index contributed by atoms with van der Waals surface area (Å²) in [6, 6.07) is 0. The Kier molecular flexibility index (Phi) is 28.7. The topological polar surface area (TPSA) is 118 Å². The van der Waals surface area contributed by atoms with Crippen molar-refractivity contribution in [1.29, 1.82) is 0 Å². The number of aliphatic hydroxyl groups excluding tert-OH is 5. The van der Waals surface area contributed by atoms with Crippen LogP contribution in [0.3, 0.4) is 0 Å². The van der Waals surface area contributed by atoms with Crippen molar-refractivity contribution in [1.82, 2.24) is 0 Å². The lowest BCUT2D eigenvalue weighted by Crippen LogP contribution is -2.25. The first kappa shape index (κ1) is 39.3. The fourth-order valence-corrected chi connectivity index (χ4v) is 3.28. The smallest absolute Gasteiger partial charge is 0.229 e. The Morgan fingerprint density at radius 3 is 1.52 bits per heavy atom. The van der Waals surface area contributed by atoms with Gasteiger partial charge in [-0.3, -0.25) is 4.79 Å². The monoisotopic (exact) mass is 554 g/mol. The average molecular weight is 555 g/mol. The summed E-state index contributed by atoms with van der Waals surface area (Å²) >= 11 is 0. The van der Waals surface area contributed by atoms with Gasteiger partial charge in [-0.15, -0.1) is 0 Å². The SMILES string of the molecule is C=CC(=O)C#CC#CC[C@@H](O)[C@H](O)CCCCCCC.C=C[C@@H](O)C#CC#CC[C@@H](O)[C@H](O)CCCCCCC. The van der Waals surface area contributed by atoms with E-state index < -0.39 is 30.5 Å². The molecule has 0 saturated carbocycles. The third-order valence-corrected chi connectivity index (χ3v) is 5.83. The van der Waals surface area contributed by atoms with Gasteiger partial charge in [-0.1, -0.05) is 115 Å². The summed E-state index contributed by atoms with van der Waals surface area (Å²) in [6.45, 7) is 11.0. The van der Waals surface area contributed by atoms with Crippen molar-refractivity contribution in [3.8, 4) is 47.4 Å². The molecule has 0 rings (SSSR count). The summed E-state index contributed by atoms with van der Waals surface area (Å²) < 4.78 is 0. The highest BCUT2D eigenvalue weighted by Gasteiger charge is 2.15. The molecule has 6 heteroatoms. The number of ketones is 1. The number of aliphatic hydroxyl groups is 5. The van der Waals surface area contributed by atoms with E-state index in [0.717, 1.165) is 31.8 Å². The van der Waals surface area contributed by atoms with Crippen LogP contribution in [0.5, 0.6) is 0 Å². The van der Waals surface area contributed by atoms with Crippen LogP contribution in [0.4, 0.5) is 0 Å². The van der Waals surface area contributed by atoms with Gasteiger partial charge in [0.1, 0.15) is 6.10 Å². The lowest BCUT2D eigenvalue weighted by Gasteiger charge is -2.15. The van der Waals surface area contributed by atoms with E-state index in [1.807, 2.05) is 0 Å². The second-order valence-electron chi connectivity index (χ2n) is 9.46. The van der Waals surface area contributed by atoms with E-state index in [2.05, 4.69) is 74.4 Å². The van der Waals surface area contributed by atoms with Gasteiger partial charge in [-0.05, 0) is 48.5 Å². The van der Waals surface area contributed by atoms with Crippen LogP contribution in [0.25, 0.3) is 0 Å². The fourth-order valence-electron chi connectivity index (χ4n) is 3.28. The third kappa shape index (κ3) is 26.8. The van der Waals surface area contributed by atoms with Crippen LogP contribution >= 0.6 is 0 Å². The minimum Gasteiger partial charge on any atom is -0.390 e. The maximum atomic E-state index is 10.8. The highest BCUT2D eigenvalue weighted by Crippen LogP contribution is 2.11. The quantitative estimate of drug-likeness (QED) is 0.0569. The minimum atomic E-state index is -0.872. The first-order chi connectivity index (χ1) is 19.2. The number of rotatable bonds is 18. The second-order valence-corrected chi connectivity index (χ2v) is 9.46. The molecule has 0 aromatic rings. The van der Waals surface area contributed by atoms with Crippen LogP contribution < -0.4 is 0 Å². The zero-order valence-electron chi connectivity index (χ0n) is 24.5. The van der Waals surface area contributed by atoms with E-state index in [1.54, 1.807) is 0 Å². The Morgan fingerprint density at radius 2 is 1.10 bits per heavy atom. The highest BCUT2D eigenvalue weighted by molar-refractivity contribution is 6.04. The molecule has 222 valence electrons.